The summed E-state index contributed by atoms with van der Waals surface area (Å²) in [6, 6.07) is 11.2. The predicted octanol–water partition coefficient (Wildman–Crippen LogP) is 3.53. The van der Waals surface area contributed by atoms with Crippen LogP contribution in [0.15, 0.2) is 47.7 Å². The average Bonchev–Trinajstić information content (AvgIpc) is 2.40. The van der Waals surface area contributed by atoms with Gasteiger partial charge in [-0.05, 0) is 29.2 Å². The van der Waals surface area contributed by atoms with Gasteiger partial charge < -0.3 is 5.11 Å². The SMILES string of the molecule is CC(C)(C)c1cccc(/C=N/Nc2ccccn2)c1O. The molecule has 0 spiro atoms. The molecule has 0 saturated carbocycles. The van der Waals surface area contributed by atoms with Gasteiger partial charge in [-0.3, -0.25) is 5.43 Å². The number of nitrogens with one attached hydrogen (secondary N) is 1. The second-order valence-corrected chi connectivity index (χ2v) is 5.58. The normalized spacial score (nSPS) is 11.8. The number of para-hydroxylation sites is 1. The molecule has 0 bridgehead atoms. The highest BCUT2D eigenvalue weighted by Gasteiger charge is 2.18. The molecule has 2 rings (SSSR count). The van der Waals surface area contributed by atoms with Crippen LogP contribution in [0.4, 0.5) is 5.82 Å². The Morgan fingerprint density at radius 3 is 2.60 bits per heavy atom. The van der Waals surface area contributed by atoms with Gasteiger partial charge in [0.15, 0.2) is 0 Å². The summed E-state index contributed by atoms with van der Waals surface area (Å²) in [6.45, 7) is 6.19. The van der Waals surface area contributed by atoms with Crippen LogP contribution in [0.5, 0.6) is 5.75 Å². The Hall–Kier alpha value is -2.36. The van der Waals surface area contributed by atoms with Crippen molar-refractivity contribution in [2.45, 2.75) is 26.2 Å². The molecule has 104 valence electrons. The highest BCUT2D eigenvalue weighted by atomic mass is 16.3. The summed E-state index contributed by atoms with van der Waals surface area (Å²) < 4.78 is 0. The molecule has 0 atom stereocenters. The number of hydrazone groups is 1. The zero-order chi connectivity index (χ0) is 14.6. The highest BCUT2D eigenvalue weighted by molar-refractivity contribution is 5.84. The average molecular weight is 269 g/mol. The largest absolute Gasteiger partial charge is 0.507 e. The Labute approximate surface area is 119 Å². The molecular weight excluding hydrogens is 250 g/mol. The molecule has 0 amide bonds. The first-order valence-electron chi connectivity index (χ1n) is 6.51. The van der Waals surface area contributed by atoms with Gasteiger partial charge in [-0.1, -0.05) is 39.0 Å². The van der Waals surface area contributed by atoms with Crippen molar-refractivity contribution in [2.75, 3.05) is 5.43 Å². The summed E-state index contributed by atoms with van der Waals surface area (Å²) in [6.07, 6.45) is 3.29. The molecule has 0 aliphatic heterocycles. The van der Waals surface area contributed by atoms with Crippen molar-refractivity contribution in [3.8, 4) is 5.75 Å². The number of hydrogen-bond acceptors (Lipinski definition) is 4. The minimum atomic E-state index is -0.109. The third kappa shape index (κ3) is 3.35. The number of pyridine rings is 1. The summed E-state index contributed by atoms with van der Waals surface area (Å²) in [5.74, 6) is 0.932. The second kappa shape index (κ2) is 5.74. The van der Waals surface area contributed by atoms with Crippen LogP contribution in [0.2, 0.25) is 0 Å². The van der Waals surface area contributed by atoms with Gasteiger partial charge in [0.05, 0.1) is 6.21 Å². The van der Waals surface area contributed by atoms with Gasteiger partial charge in [-0.15, -0.1) is 0 Å². The lowest BCUT2D eigenvalue weighted by atomic mass is 9.85. The molecule has 0 aliphatic rings. The first-order valence-corrected chi connectivity index (χ1v) is 6.51. The lowest BCUT2D eigenvalue weighted by molar-refractivity contribution is 0.446. The van der Waals surface area contributed by atoms with Crippen LogP contribution in [-0.4, -0.2) is 16.3 Å². The van der Waals surface area contributed by atoms with Gasteiger partial charge in [0, 0.05) is 11.8 Å². The molecule has 4 heteroatoms. The first kappa shape index (κ1) is 14.1. The fourth-order valence-electron chi connectivity index (χ4n) is 1.87. The summed E-state index contributed by atoms with van der Waals surface area (Å²) >= 11 is 0. The quantitative estimate of drug-likeness (QED) is 0.662. The third-order valence-corrected chi connectivity index (χ3v) is 2.92. The van der Waals surface area contributed by atoms with E-state index in [1.165, 1.54) is 0 Å². The van der Waals surface area contributed by atoms with Crippen molar-refractivity contribution in [3.05, 3.63) is 53.7 Å². The minimum Gasteiger partial charge on any atom is -0.507 e. The zero-order valence-electron chi connectivity index (χ0n) is 12.0. The van der Waals surface area contributed by atoms with Crippen molar-refractivity contribution in [3.63, 3.8) is 0 Å². The maximum atomic E-state index is 10.3. The standard InChI is InChI=1S/C16H19N3O/c1-16(2,3)13-8-6-7-12(15(13)20)11-18-19-14-9-4-5-10-17-14/h4-11,20H,1-3H3,(H,17,19)/b18-11+. The molecule has 0 saturated heterocycles. The lowest BCUT2D eigenvalue weighted by Crippen LogP contribution is -2.11. The number of nitrogens with zero attached hydrogens (tertiary/aromatic N) is 2. The fourth-order valence-corrected chi connectivity index (χ4v) is 1.87. The van der Waals surface area contributed by atoms with Crippen molar-refractivity contribution in [1.82, 2.24) is 4.98 Å². The van der Waals surface area contributed by atoms with Crippen molar-refractivity contribution >= 4 is 12.0 Å². The Bertz CT molecular complexity index is 601. The number of hydrogen-bond donors (Lipinski definition) is 2. The van der Waals surface area contributed by atoms with Crippen LogP contribution < -0.4 is 5.43 Å². The summed E-state index contributed by atoms with van der Waals surface area (Å²) in [5, 5.41) is 14.4. The Balaban J connectivity index is 2.18. The molecule has 0 fully saturated rings. The van der Waals surface area contributed by atoms with E-state index in [1.807, 2.05) is 36.4 Å². The van der Waals surface area contributed by atoms with E-state index in [0.717, 1.165) is 5.56 Å². The van der Waals surface area contributed by atoms with Crippen LogP contribution >= 0.6 is 0 Å². The molecule has 0 unspecified atom stereocenters. The summed E-state index contributed by atoms with van der Waals surface area (Å²) in [4.78, 5) is 4.10. The minimum absolute atomic E-state index is 0.109. The van der Waals surface area contributed by atoms with E-state index in [9.17, 15) is 5.11 Å². The maximum absolute atomic E-state index is 10.3. The van der Waals surface area contributed by atoms with Crippen molar-refractivity contribution in [2.24, 2.45) is 5.10 Å². The monoisotopic (exact) mass is 269 g/mol. The number of phenols is 1. The van der Waals surface area contributed by atoms with Crippen LogP contribution in [0, 0.1) is 0 Å². The Morgan fingerprint density at radius 2 is 1.95 bits per heavy atom. The highest BCUT2D eigenvalue weighted by Crippen LogP contribution is 2.32. The molecule has 20 heavy (non-hydrogen) atoms. The smallest absolute Gasteiger partial charge is 0.146 e. The molecular formula is C16H19N3O. The summed E-state index contributed by atoms with van der Waals surface area (Å²) in [7, 11) is 0. The number of aromatic nitrogens is 1. The molecule has 2 aromatic rings. The predicted molar refractivity (Wildman–Crippen MR) is 82.3 cm³/mol. The lowest BCUT2D eigenvalue weighted by Gasteiger charge is -2.21. The maximum Gasteiger partial charge on any atom is 0.146 e. The van der Waals surface area contributed by atoms with Gasteiger partial charge in [-0.2, -0.15) is 5.10 Å². The first-order chi connectivity index (χ1) is 9.48. The van der Waals surface area contributed by atoms with Gasteiger partial charge >= 0.3 is 0 Å². The van der Waals surface area contributed by atoms with E-state index in [1.54, 1.807) is 12.4 Å². The number of rotatable bonds is 3. The number of anilines is 1. The molecule has 0 aliphatic carbocycles. The topological polar surface area (TPSA) is 57.5 Å². The number of benzene rings is 1. The van der Waals surface area contributed by atoms with Gasteiger partial charge in [0.1, 0.15) is 11.6 Å². The van der Waals surface area contributed by atoms with Crippen LogP contribution in [-0.2, 0) is 5.41 Å². The zero-order valence-corrected chi connectivity index (χ0v) is 12.0. The number of aromatic hydroxyl groups is 1. The van der Waals surface area contributed by atoms with Crippen LogP contribution in [0.25, 0.3) is 0 Å². The van der Waals surface area contributed by atoms with Crippen LogP contribution in [0.1, 0.15) is 31.9 Å². The van der Waals surface area contributed by atoms with Crippen LogP contribution in [0.3, 0.4) is 0 Å². The molecule has 1 aromatic carbocycles. The van der Waals surface area contributed by atoms with Crippen molar-refractivity contribution < 1.29 is 5.11 Å². The third-order valence-electron chi connectivity index (χ3n) is 2.92. The molecule has 1 aromatic heterocycles. The Kier molecular flexibility index (Phi) is 4.03. The van der Waals surface area contributed by atoms with Crippen molar-refractivity contribution in [1.29, 1.82) is 0 Å². The van der Waals surface area contributed by atoms with Gasteiger partial charge in [-0.25, -0.2) is 4.98 Å². The summed E-state index contributed by atoms with van der Waals surface area (Å²) in [5.41, 5.74) is 4.30. The second-order valence-electron chi connectivity index (χ2n) is 5.58. The van der Waals surface area contributed by atoms with E-state index in [2.05, 4.69) is 36.3 Å². The fraction of sp³-hybridized carbons (Fsp3) is 0.250. The van der Waals surface area contributed by atoms with E-state index >= 15 is 0 Å². The van der Waals surface area contributed by atoms with Gasteiger partial charge in [0.25, 0.3) is 0 Å². The van der Waals surface area contributed by atoms with E-state index in [4.69, 9.17) is 0 Å². The molecule has 1 heterocycles. The van der Waals surface area contributed by atoms with E-state index < -0.39 is 0 Å². The van der Waals surface area contributed by atoms with E-state index in [-0.39, 0.29) is 11.2 Å². The van der Waals surface area contributed by atoms with E-state index in [0.29, 0.717) is 11.4 Å². The molecule has 4 nitrogen and oxygen atoms in total. The van der Waals surface area contributed by atoms with Gasteiger partial charge in [0.2, 0.25) is 0 Å². The number of phenolic OH excluding ortho intramolecular Hbond substituents is 1. The molecule has 2 N–H and O–H groups in total. The Morgan fingerprint density at radius 1 is 1.15 bits per heavy atom. The molecule has 0 radical (unpaired) electrons.